The molecule has 0 radical (unpaired) electrons. The van der Waals surface area contributed by atoms with Gasteiger partial charge < -0.3 is 14.9 Å². The predicted molar refractivity (Wildman–Crippen MR) is 106 cm³/mol. The summed E-state index contributed by atoms with van der Waals surface area (Å²) in [5.41, 5.74) is 1.98. The molecule has 0 bridgehead atoms. The molecule has 3 aromatic rings. The lowest BCUT2D eigenvalue weighted by atomic mass is 10.2. The number of rotatable bonds is 8. The average Bonchev–Trinajstić information content (AvgIpc) is 2.72. The highest BCUT2D eigenvalue weighted by Crippen LogP contribution is 2.15. The lowest BCUT2D eigenvalue weighted by Gasteiger charge is -2.07. The van der Waals surface area contributed by atoms with Crippen molar-refractivity contribution in [3.8, 4) is 5.75 Å². The van der Waals surface area contributed by atoms with Gasteiger partial charge in [-0.15, -0.1) is 0 Å². The van der Waals surface area contributed by atoms with Gasteiger partial charge in [-0.1, -0.05) is 41.6 Å². The highest BCUT2D eigenvalue weighted by atomic mass is 19.1. The number of benzene rings is 3. The van der Waals surface area contributed by atoms with Gasteiger partial charge in [-0.25, -0.2) is 4.39 Å². The Morgan fingerprint density at radius 1 is 0.964 bits per heavy atom. The Bertz CT molecular complexity index is 928. The molecular weight excluding hydrogens is 359 g/mol. The van der Waals surface area contributed by atoms with E-state index in [1.54, 1.807) is 54.6 Å². The van der Waals surface area contributed by atoms with Crippen molar-refractivity contribution < 1.29 is 18.8 Å². The van der Waals surface area contributed by atoms with Crippen LogP contribution >= 0.6 is 0 Å². The zero-order chi connectivity index (χ0) is 19.6. The Morgan fingerprint density at radius 2 is 1.68 bits per heavy atom. The SMILES string of the molecule is O=C(CO/N=C/c1ccc(OCc2ccccc2F)cc1)Nc1ccccc1. The van der Waals surface area contributed by atoms with Crippen LogP contribution in [0.3, 0.4) is 0 Å². The van der Waals surface area contributed by atoms with E-state index in [2.05, 4.69) is 10.5 Å². The highest BCUT2D eigenvalue weighted by molar-refractivity contribution is 5.91. The first-order valence-electron chi connectivity index (χ1n) is 8.67. The Balaban J connectivity index is 1.42. The number of halogens is 1. The minimum Gasteiger partial charge on any atom is -0.489 e. The van der Waals surface area contributed by atoms with Gasteiger partial charge in [0.25, 0.3) is 5.91 Å². The zero-order valence-electron chi connectivity index (χ0n) is 15.0. The van der Waals surface area contributed by atoms with E-state index >= 15 is 0 Å². The van der Waals surface area contributed by atoms with Crippen LogP contribution in [0.15, 0.2) is 84.0 Å². The summed E-state index contributed by atoms with van der Waals surface area (Å²) in [6.07, 6.45) is 1.50. The van der Waals surface area contributed by atoms with Crippen molar-refractivity contribution in [1.82, 2.24) is 0 Å². The second kappa shape index (κ2) is 9.87. The molecule has 0 saturated heterocycles. The molecule has 0 heterocycles. The van der Waals surface area contributed by atoms with Crippen LogP contribution in [0.4, 0.5) is 10.1 Å². The second-order valence-electron chi connectivity index (χ2n) is 5.87. The summed E-state index contributed by atoms with van der Waals surface area (Å²) in [5.74, 6) is 0.0310. The van der Waals surface area contributed by atoms with E-state index in [-0.39, 0.29) is 24.9 Å². The molecule has 0 aliphatic heterocycles. The molecule has 3 aromatic carbocycles. The molecule has 0 aliphatic carbocycles. The van der Waals surface area contributed by atoms with Gasteiger partial charge in [-0.2, -0.15) is 0 Å². The lowest BCUT2D eigenvalue weighted by Crippen LogP contribution is -2.16. The minimum atomic E-state index is -0.292. The monoisotopic (exact) mass is 378 g/mol. The van der Waals surface area contributed by atoms with E-state index in [1.165, 1.54) is 12.3 Å². The van der Waals surface area contributed by atoms with Crippen molar-refractivity contribution in [2.45, 2.75) is 6.61 Å². The van der Waals surface area contributed by atoms with Gasteiger partial charge in [0.1, 0.15) is 18.2 Å². The van der Waals surface area contributed by atoms with E-state index in [0.717, 1.165) is 5.56 Å². The molecule has 0 spiro atoms. The van der Waals surface area contributed by atoms with Gasteiger partial charge in [0.2, 0.25) is 0 Å². The standard InChI is InChI=1S/C22H19FN2O3/c23-21-9-5-4-6-18(21)15-27-20-12-10-17(11-13-20)14-24-28-16-22(26)25-19-7-2-1-3-8-19/h1-14H,15-16H2,(H,25,26)/b24-14+. The van der Waals surface area contributed by atoms with Gasteiger partial charge in [0, 0.05) is 11.3 Å². The van der Waals surface area contributed by atoms with Crippen molar-refractivity contribution in [3.05, 3.63) is 95.8 Å². The summed E-state index contributed by atoms with van der Waals surface area (Å²) in [5, 5.41) is 6.48. The molecule has 0 aromatic heterocycles. The van der Waals surface area contributed by atoms with Gasteiger partial charge >= 0.3 is 0 Å². The number of anilines is 1. The number of carbonyl (C=O) groups is 1. The molecule has 0 aliphatic rings. The van der Waals surface area contributed by atoms with Crippen molar-refractivity contribution in [3.63, 3.8) is 0 Å². The number of oxime groups is 1. The topological polar surface area (TPSA) is 59.9 Å². The van der Waals surface area contributed by atoms with Crippen LogP contribution in [0, 0.1) is 5.82 Å². The predicted octanol–water partition coefficient (Wildman–Crippen LogP) is 4.39. The number of hydrogen-bond donors (Lipinski definition) is 1. The number of hydrogen-bond acceptors (Lipinski definition) is 4. The Kier molecular flexibility index (Phi) is 6.73. The molecule has 5 nitrogen and oxygen atoms in total. The van der Waals surface area contributed by atoms with Gasteiger partial charge in [0.15, 0.2) is 6.61 Å². The summed E-state index contributed by atoms with van der Waals surface area (Å²) < 4.78 is 19.1. The van der Waals surface area contributed by atoms with E-state index in [0.29, 0.717) is 17.0 Å². The number of ether oxygens (including phenoxy) is 1. The summed E-state index contributed by atoms with van der Waals surface area (Å²) in [6.45, 7) is -0.0328. The van der Waals surface area contributed by atoms with Crippen molar-refractivity contribution in [1.29, 1.82) is 0 Å². The van der Waals surface area contributed by atoms with E-state index in [1.807, 2.05) is 18.2 Å². The number of nitrogens with one attached hydrogen (secondary N) is 1. The fraction of sp³-hybridized carbons (Fsp3) is 0.0909. The molecular formula is C22H19FN2O3. The molecule has 0 unspecified atom stereocenters. The van der Waals surface area contributed by atoms with E-state index in [4.69, 9.17) is 9.57 Å². The van der Waals surface area contributed by atoms with E-state index in [9.17, 15) is 9.18 Å². The van der Waals surface area contributed by atoms with Gasteiger partial charge in [0.05, 0.1) is 6.21 Å². The fourth-order valence-electron chi connectivity index (χ4n) is 2.34. The molecule has 1 amide bonds. The average molecular weight is 378 g/mol. The quantitative estimate of drug-likeness (QED) is 0.467. The molecule has 0 saturated carbocycles. The fourth-order valence-corrected chi connectivity index (χ4v) is 2.34. The normalized spacial score (nSPS) is 10.6. The zero-order valence-corrected chi connectivity index (χ0v) is 15.0. The highest BCUT2D eigenvalue weighted by Gasteiger charge is 2.03. The maximum Gasteiger partial charge on any atom is 0.265 e. The van der Waals surface area contributed by atoms with Crippen molar-refractivity contribution in [2.75, 3.05) is 11.9 Å². The Hall–Kier alpha value is -3.67. The molecule has 1 N–H and O–H groups in total. The smallest absolute Gasteiger partial charge is 0.265 e. The first-order valence-corrected chi connectivity index (χ1v) is 8.67. The number of carbonyl (C=O) groups excluding carboxylic acids is 1. The van der Waals surface area contributed by atoms with Crippen molar-refractivity contribution in [2.24, 2.45) is 5.16 Å². The van der Waals surface area contributed by atoms with E-state index < -0.39 is 0 Å². The van der Waals surface area contributed by atoms with Gasteiger partial charge in [-0.05, 0) is 48.0 Å². The molecule has 142 valence electrons. The number of amides is 1. The van der Waals surface area contributed by atoms with Crippen LogP contribution in [-0.4, -0.2) is 18.7 Å². The first-order chi connectivity index (χ1) is 13.7. The maximum absolute atomic E-state index is 13.6. The van der Waals surface area contributed by atoms with Crippen LogP contribution in [0.2, 0.25) is 0 Å². The molecule has 3 rings (SSSR count). The molecule has 6 heteroatoms. The maximum atomic E-state index is 13.6. The minimum absolute atomic E-state index is 0.153. The van der Waals surface area contributed by atoms with Crippen LogP contribution < -0.4 is 10.1 Å². The second-order valence-corrected chi connectivity index (χ2v) is 5.87. The lowest BCUT2D eigenvalue weighted by molar-refractivity contribution is -0.120. The molecule has 28 heavy (non-hydrogen) atoms. The Labute approximate surface area is 162 Å². The third-order valence-corrected chi connectivity index (χ3v) is 3.76. The van der Waals surface area contributed by atoms with Crippen LogP contribution in [-0.2, 0) is 16.2 Å². The van der Waals surface area contributed by atoms with Crippen LogP contribution in [0.1, 0.15) is 11.1 Å². The number of para-hydroxylation sites is 1. The summed E-state index contributed by atoms with van der Waals surface area (Å²) in [7, 11) is 0. The summed E-state index contributed by atoms with van der Waals surface area (Å²) >= 11 is 0. The van der Waals surface area contributed by atoms with Gasteiger partial charge in [-0.3, -0.25) is 4.79 Å². The third-order valence-electron chi connectivity index (χ3n) is 3.76. The Morgan fingerprint density at radius 3 is 2.43 bits per heavy atom. The molecule has 0 fully saturated rings. The van der Waals surface area contributed by atoms with Crippen LogP contribution in [0.25, 0.3) is 0 Å². The van der Waals surface area contributed by atoms with Crippen molar-refractivity contribution >= 4 is 17.8 Å². The van der Waals surface area contributed by atoms with Crippen LogP contribution in [0.5, 0.6) is 5.75 Å². The molecule has 0 atom stereocenters. The number of nitrogens with zero attached hydrogens (tertiary/aromatic N) is 1. The third kappa shape index (κ3) is 5.95. The summed E-state index contributed by atoms with van der Waals surface area (Å²) in [6, 6.07) is 22.7. The summed E-state index contributed by atoms with van der Waals surface area (Å²) in [4.78, 5) is 16.7. The first kappa shape index (κ1) is 19.1. The largest absolute Gasteiger partial charge is 0.489 e.